The number of aliphatic hydroxyl groups is 1. The van der Waals surface area contributed by atoms with Gasteiger partial charge in [-0.05, 0) is 70.3 Å². The first kappa shape index (κ1) is 33.0. The molecule has 3 rings (SSSR count). The minimum absolute atomic E-state index is 0.0186. The smallest absolute Gasteiger partial charge is 0.280 e. The molecule has 0 spiro atoms. The molecule has 10 nitrogen and oxygen atoms in total. The molecule has 0 aliphatic heterocycles. The van der Waals surface area contributed by atoms with Crippen molar-refractivity contribution in [2.24, 2.45) is 0 Å². The lowest BCUT2D eigenvalue weighted by atomic mass is 9.82. The first-order valence-corrected chi connectivity index (χ1v) is 15.2. The van der Waals surface area contributed by atoms with Gasteiger partial charge in [0.1, 0.15) is 5.60 Å². The van der Waals surface area contributed by atoms with Crippen LogP contribution in [0.5, 0.6) is 0 Å². The van der Waals surface area contributed by atoms with Gasteiger partial charge in [-0.15, -0.1) is 0 Å². The number of aromatic nitrogens is 4. The Morgan fingerprint density at radius 3 is 2.26 bits per heavy atom. The van der Waals surface area contributed by atoms with Crippen LogP contribution in [0.15, 0.2) is 35.3 Å². The van der Waals surface area contributed by atoms with E-state index in [1.54, 1.807) is 6.20 Å². The van der Waals surface area contributed by atoms with Gasteiger partial charge < -0.3 is 16.2 Å². The zero-order valence-electron chi connectivity index (χ0n) is 25.6. The van der Waals surface area contributed by atoms with Crippen molar-refractivity contribution in [1.29, 1.82) is 0 Å². The van der Waals surface area contributed by atoms with Gasteiger partial charge in [0, 0.05) is 18.0 Å². The van der Waals surface area contributed by atoms with Gasteiger partial charge in [-0.25, -0.2) is 9.97 Å². The molecule has 0 saturated carbocycles. The van der Waals surface area contributed by atoms with E-state index in [2.05, 4.69) is 25.3 Å². The molecule has 0 radical (unpaired) electrons. The summed E-state index contributed by atoms with van der Waals surface area (Å²) < 4.78 is 0. The van der Waals surface area contributed by atoms with Crippen molar-refractivity contribution in [2.45, 2.75) is 116 Å². The molecule has 3 aromatic rings. The lowest BCUT2D eigenvalue weighted by Gasteiger charge is -2.35. The van der Waals surface area contributed by atoms with Crippen molar-refractivity contribution in [2.75, 3.05) is 5.73 Å². The number of fused-ring (bicyclic) bond motifs is 1. The second-order valence-electron chi connectivity index (χ2n) is 11.3. The number of benzene rings is 1. The fourth-order valence-electron chi connectivity index (χ4n) is 5.43. The van der Waals surface area contributed by atoms with Gasteiger partial charge in [-0.2, -0.15) is 4.98 Å². The maximum absolute atomic E-state index is 13.7. The van der Waals surface area contributed by atoms with Gasteiger partial charge in [0.2, 0.25) is 5.95 Å². The quantitative estimate of drug-likeness (QED) is 0.133. The number of carbonyl (C=O) groups is 2. The second kappa shape index (κ2) is 14.6. The molecule has 228 valence electrons. The third-order valence-electron chi connectivity index (χ3n) is 8.51. The highest BCUT2D eigenvalue weighted by molar-refractivity contribution is 6.03. The summed E-state index contributed by atoms with van der Waals surface area (Å²) in [6.07, 6.45) is 7.85. The van der Waals surface area contributed by atoms with Crippen LogP contribution in [0.25, 0.3) is 11.2 Å². The normalized spacial score (nSPS) is 12.9. The van der Waals surface area contributed by atoms with E-state index in [-0.39, 0.29) is 41.1 Å². The number of H-pyrrole nitrogens is 1. The Labute approximate surface area is 248 Å². The number of nitrogen functional groups attached to an aromatic ring is 1. The molecular formula is C32H46N6O4. The highest BCUT2D eigenvalue weighted by Gasteiger charge is 2.37. The Balaban J connectivity index is 1.55. The lowest BCUT2D eigenvalue weighted by molar-refractivity contribution is -0.138. The Hall–Kier alpha value is -3.50. The molecule has 2 heterocycles. The van der Waals surface area contributed by atoms with Crippen molar-refractivity contribution in [3.8, 4) is 0 Å². The van der Waals surface area contributed by atoms with Crippen LogP contribution in [-0.2, 0) is 17.6 Å². The first-order chi connectivity index (χ1) is 20.0. The summed E-state index contributed by atoms with van der Waals surface area (Å²) in [6.45, 7) is 9.67. The lowest BCUT2D eigenvalue weighted by Crippen LogP contribution is -2.54. The number of aryl methyl sites for hydroxylation is 2. The van der Waals surface area contributed by atoms with Crippen LogP contribution in [0.4, 0.5) is 5.95 Å². The summed E-state index contributed by atoms with van der Waals surface area (Å²) >= 11 is 0. The molecule has 0 aliphatic rings. The maximum atomic E-state index is 13.7. The number of anilines is 1. The van der Waals surface area contributed by atoms with E-state index < -0.39 is 16.7 Å². The third-order valence-corrected chi connectivity index (χ3v) is 8.51. The fourth-order valence-corrected chi connectivity index (χ4v) is 5.43. The molecular weight excluding hydrogens is 532 g/mol. The standard InChI is InChI=1S/C32H46N6O4/c1-6-31(7-2,38-21(5)14-19-25(39)32(42,8-3)9-4)27(40)23-17-15-22(16-18-23)12-10-11-13-24-20-34-28-26(35-24)29(41)37-30(33)36-28/h15-18,20-21,38,42H,6-14,19H2,1-5H3,(H3,33,34,36,37,41). The van der Waals surface area contributed by atoms with Gasteiger partial charge in [0.15, 0.2) is 22.7 Å². The van der Waals surface area contributed by atoms with Crippen LogP contribution in [0.3, 0.4) is 0 Å². The Bertz CT molecular complexity index is 1410. The van der Waals surface area contributed by atoms with Crippen LogP contribution >= 0.6 is 0 Å². The maximum Gasteiger partial charge on any atom is 0.280 e. The van der Waals surface area contributed by atoms with Crippen molar-refractivity contribution in [1.82, 2.24) is 25.3 Å². The third kappa shape index (κ3) is 7.86. The summed E-state index contributed by atoms with van der Waals surface area (Å²) in [5.74, 6) is -0.0629. The molecule has 1 aromatic carbocycles. The summed E-state index contributed by atoms with van der Waals surface area (Å²) in [4.78, 5) is 53.4. The summed E-state index contributed by atoms with van der Waals surface area (Å²) in [6, 6.07) is 7.75. The van der Waals surface area contributed by atoms with Crippen molar-refractivity contribution >= 4 is 28.7 Å². The van der Waals surface area contributed by atoms with Crippen LogP contribution in [0, 0.1) is 0 Å². The van der Waals surface area contributed by atoms with Gasteiger partial charge in [-0.3, -0.25) is 19.4 Å². The van der Waals surface area contributed by atoms with Crippen molar-refractivity contribution in [3.05, 3.63) is 57.6 Å². The average Bonchev–Trinajstić information content (AvgIpc) is 3.00. The molecule has 42 heavy (non-hydrogen) atoms. The number of rotatable bonds is 17. The average molecular weight is 579 g/mol. The minimum Gasteiger partial charge on any atom is -0.382 e. The Kier molecular flexibility index (Phi) is 11.5. The summed E-state index contributed by atoms with van der Waals surface area (Å²) in [5, 5.41) is 14.1. The Morgan fingerprint density at radius 1 is 1.00 bits per heavy atom. The number of carbonyl (C=O) groups excluding carboxylic acids is 2. The van der Waals surface area contributed by atoms with Crippen LogP contribution in [0.1, 0.15) is 108 Å². The van der Waals surface area contributed by atoms with Gasteiger partial charge in [-0.1, -0.05) is 52.0 Å². The predicted octanol–water partition coefficient (Wildman–Crippen LogP) is 4.48. The number of hydrogen-bond acceptors (Lipinski definition) is 9. The molecule has 0 amide bonds. The second-order valence-corrected chi connectivity index (χ2v) is 11.3. The SMILES string of the molecule is CCC(O)(CC)C(=O)CCC(C)NC(CC)(CC)C(=O)c1ccc(CCCCc2cnc3nc(N)[nH]c(=O)c3n2)cc1. The van der Waals surface area contributed by atoms with E-state index in [0.717, 1.165) is 30.5 Å². The van der Waals surface area contributed by atoms with Gasteiger partial charge >= 0.3 is 0 Å². The largest absolute Gasteiger partial charge is 0.382 e. The van der Waals surface area contributed by atoms with E-state index in [9.17, 15) is 19.5 Å². The van der Waals surface area contributed by atoms with Crippen LogP contribution in [-0.4, -0.2) is 53.8 Å². The van der Waals surface area contributed by atoms with E-state index in [1.165, 1.54) is 0 Å². The number of Topliss-reactive ketones (excluding diaryl/α,β-unsaturated/α-hetero) is 2. The molecule has 0 aliphatic carbocycles. The molecule has 5 N–H and O–H groups in total. The zero-order chi connectivity index (χ0) is 30.9. The number of hydrogen-bond donors (Lipinski definition) is 4. The van der Waals surface area contributed by atoms with E-state index >= 15 is 0 Å². The fraction of sp³-hybridized carbons (Fsp3) is 0.562. The molecule has 0 fully saturated rings. The number of nitrogens with two attached hydrogens (primary N) is 1. The number of unbranched alkanes of at least 4 members (excludes halogenated alkanes) is 1. The number of nitrogens with zero attached hydrogens (tertiary/aromatic N) is 3. The minimum atomic E-state index is -1.26. The topological polar surface area (TPSA) is 164 Å². The molecule has 1 unspecified atom stereocenters. The molecule has 0 saturated heterocycles. The van der Waals surface area contributed by atoms with Crippen LogP contribution in [0.2, 0.25) is 0 Å². The Morgan fingerprint density at radius 2 is 1.64 bits per heavy atom. The highest BCUT2D eigenvalue weighted by atomic mass is 16.3. The van der Waals surface area contributed by atoms with Crippen molar-refractivity contribution < 1.29 is 14.7 Å². The van der Waals surface area contributed by atoms with E-state index in [1.807, 2.05) is 58.9 Å². The number of aromatic amines is 1. The number of ketones is 2. The molecule has 10 heteroatoms. The van der Waals surface area contributed by atoms with Gasteiger partial charge in [0.25, 0.3) is 5.56 Å². The van der Waals surface area contributed by atoms with Crippen molar-refractivity contribution in [3.63, 3.8) is 0 Å². The zero-order valence-corrected chi connectivity index (χ0v) is 25.6. The highest BCUT2D eigenvalue weighted by Crippen LogP contribution is 2.25. The first-order valence-electron chi connectivity index (χ1n) is 15.2. The monoisotopic (exact) mass is 578 g/mol. The van der Waals surface area contributed by atoms with E-state index in [4.69, 9.17) is 5.73 Å². The predicted molar refractivity (Wildman–Crippen MR) is 165 cm³/mol. The number of nitrogens with one attached hydrogen (secondary N) is 2. The van der Waals surface area contributed by atoms with E-state index in [0.29, 0.717) is 44.1 Å². The van der Waals surface area contributed by atoms with Gasteiger partial charge in [0.05, 0.1) is 17.4 Å². The summed E-state index contributed by atoms with van der Waals surface area (Å²) in [7, 11) is 0. The summed E-state index contributed by atoms with van der Waals surface area (Å²) in [5.41, 5.74) is 6.15. The molecule has 1 atom stereocenters. The molecule has 2 aromatic heterocycles. The molecule has 0 bridgehead atoms. The van der Waals surface area contributed by atoms with Crippen LogP contribution < -0.4 is 16.6 Å².